The quantitative estimate of drug-likeness (QED) is 0.743. The van der Waals surface area contributed by atoms with Crippen LogP contribution in [0.15, 0.2) is 22.0 Å². The molecule has 0 saturated heterocycles. The molecule has 0 saturated carbocycles. The van der Waals surface area contributed by atoms with Gasteiger partial charge in [0, 0.05) is 9.40 Å². The van der Waals surface area contributed by atoms with Gasteiger partial charge in [-0.3, -0.25) is 0 Å². The minimum Gasteiger partial charge on any atom is -0.333 e. The number of thiophene rings is 2. The number of nitrogens with zero attached hydrogens (tertiary/aromatic N) is 2. The van der Waals surface area contributed by atoms with E-state index in [0.717, 1.165) is 4.88 Å². The van der Waals surface area contributed by atoms with Gasteiger partial charge in [-0.05, 0) is 17.5 Å². The van der Waals surface area contributed by atoms with Crippen molar-refractivity contribution >= 4 is 32.1 Å². The highest BCUT2D eigenvalue weighted by Crippen LogP contribution is 2.35. The summed E-state index contributed by atoms with van der Waals surface area (Å²) in [6.07, 6.45) is 0. The molecule has 15 heavy (non-hydrogen) atoms. The predicted octanol–water partition coefficient (Wildman–Crippen LogP) is 2.47. The predicted molar refractivity (Wildman–Crippen MR) is 60.9 cm³/mol. The zero-order valence-corrected chi connectivity index (χ0v) is 9.27. The van der Waals surface area contributed by atoms with E-state index in [1.165, 1.54) is 9.40 Å². The molecule has 0 spiro atoms. The van der Waals surface area contributed by atoms with Crippen LogP contribution >= 0.6 is 22.7 Å². The van der Waals surface area contributed by atoms with E-state index in [2.05, 4.69) is 27.7 Å². The molecule has 2 N–H and O–H groups in total. The molecule has 0 aliphatic carbocycles. The van der Waals surface area contributed by atoms with Crippen LogP contribution in [-0.4, -0.2) is 10.1 Å². The van der Waals surface area contributed by atoms with Gasteiger partial charge >= 0.3 is 0 Å². The summed E-state index contributed by atoms with van der Waals surface area (Å²) in [6.45, 7) is 0.309. The van der Waals surface area contributed by atoms with Gasteiger partial charge in [0.1, 0.15) is 0 Å². The summed E-state index contributed by atoms with van der Waals surface area (Å²) < 4.78 is 7.62. The minimum absolute atomic E-state index is 0.309. The molecule has 0 atom stereocenters. The molecule has 3 aromatic heterocycles. The second kappa shape index (κ2) is 3.41. The van der Waals surface area contributed by atoms with Crippen LogP contribution in [0.25, 0.3) is 20.2 Å². The van der Waals surface area contributed by atoms with E-state index >= 15 is 0 Å². The molecular formula is C9H7N3OS2. The largest absolute Gasteiger partial charge is 0.333 e. The molecule has 0 amide bonds. The zero-order valence-electron chi connectivity index (χ0n) is 7.64. The molecule has 0 bridgehead atoms. The first-order chi connectivity index (χ1) is 7.36. The molecule has 0 unspecified atom stereocenters. The van der Waals surface area contributed by atoms with Crippen molar-refractivity contribution in [3.8, 4) is 10.8 Å². The second-order valence-corrected chi connectivity index (χ2v) is 5.01. The van der Waals surface area contributed by atoms with Gasteiger partial charge in [-0.1, -0.05) is 5.16 Å². The highest BCUT2D eigenvalue weighted by Gasteiger charge is 2.11. The van der Waals surface area contributed by atoms with Crippen LogP contribution in [-0.2, 0) is 6.54 Å². The summed E-state index contributed by atoms with van der Waals surface area (Å²) >= 11 is 3.37. The molecule has 4 nitrogen and oxygen atoms in total. The summed E-state index contributed by atoms with van der Waals surface area (Å²) in [5, 5.41) is 5.84. The van der Waals surface area contributed by atoms with Crippen LogP contribution in [0.3, 0.4) is 0 Å². The third kappa shape index (κ3) is 1.46. The van der Waals surface area contributed by atoms with Crippen molar-refractivity contribution < 1.29 is 4.52 Å². The third-order valence-corrected chi connectivity index (χ3v) is 4.08. The number of hydrogen-bond donors (Lipinski definition) is 1. The highest BCUT2D eigenvalue weighted by atomic mass is 32.1. The van der Waals surface area contributed by atoms with Gasteiger partial charge in [0.25, 0.3) is 5.89 Å². The number of fused-ring (bicyclic) bond motifs is 1. The Balaban J connectivity index is 2.09. The topological polar surface area (TPSA) is 64.9 Å². The van der Waals surface area contributed by atoms with Crippen molar-refractivity contribution in [2.24, 2.45) is 5.73 Å². The Kier molecular flexibility index (Phi) is 2.05. The van der Waals surface area contributed by atoms with Gasteiger partial charge in [-0.2, -0.15) is 4.98 Å². The van der Waals surface area contributed by atoms with E-state index in [1.807, 2.05) is 0 Å². The SMILES string of the molecule is NCc1noc(-c2cc3sccc3s2)n1. The lowest BCUT2D eigenvalue weighted by atomic mass is 10.4. The monoisotopic (exact) mass is 237 g/mol. The Morgan fingerprint density at radius 1 is 1.40 bits per heavy atom. The zero-order chi connectivity index (χ0) is 10.3. The lowest BCUT2D eigenvalue weighted by Crippen LogP contribution is -1.97. The molecule has 0 fully saturated rings. The Labute approximate surface area is 93.3 Å². The van der Waals surface area contributed by atoms with Crippen molar-refractivity contribution in [2.45, 2.75) is 6.54 Å². The van der Waals surface area contributed by atoms with Gasteiger partial charge in [-0.15, -0.1) is 22.7 Å². The summed E-state index contributed by atoms with van der Waals surface area (Å²) in [5.74, 6) is 1.10. The maximum absolute atomic E-state index is 5.42. The number of aromatic nitrogens is 2. The average molecular weight is 237 g/mol. The molecular weight excluding hydrogens is 230 g/mol. The summed E-state index contributed by atoms with van der Waals surface area (Å²) in [6, 6.07) is 4.16. The normalized spacial score (nSPS) is 11.3. The van der Waals surface area contributed by atoms with Crippen molar-refractivity contribution in [1.29, 1.82) is 0 Å². The van der Waals surface area contributed by atoms with Gasteiger partial charge < -0.3 is 10.3 Å². The van der Waals surface area contributed by atoms with Crippen LogP contribution in [0.1, 0.15) is 5.82 Å². The van der Waals surface area contributed by atoms with Gasteiger partial charge in [0.15, 0.2) is 5.82 Å². The molecule has 76 valence electrons. The fourth-order valence-corrected chi connectivity index (χ4v) is 3.34. The maximum Gasteiger partial charge on any atom is 0.268 e. The van der Waals surface area contributed by atoms with Crippen molar-refractivity contribution in [1.82, 2.24) is 10.1 Å². The second-order valence-electron chi connectivity index (χ2n) is 2.98. The van der Waals surface area contributed by atoms with E-state index in [1.54, 1.807) is 22.7 Å². The van der Waals surface area contributed by atoms with E-state index in [4.69, 9.17) is 10.3 Å². The first-order valence-electron chi connectivity index (χ1n) is 4.37. The first-order valence-corrected chi connectivity index (χ1v) is 6.06. The van der Waals surface area contributed by atoms with Crippen molar-refractivity contribution in [3.05, 3.63) is 23.3 Å². The van der Waals surface area contributed by atoms with Crippen molar-refractivity contribution in [2.75, 3.05) is 0 Å². The molecule has 6 heteroatoms. The molecule has 3 rings (SSSR count). The Morgan fingerprint density at radius 3 is 3.07 bits per heavy atom. The highest BCUT2D eigenvalue weighted by molar-refractivity contribution is 7.28. The Hall–Kier alpha value is -1.24. The standard InChI is InChI=1S/C9H7N3OS2/c10-4-8-11-9(13-12-8)7-3-6-5(15-7)1-2-14-6/h1-3H,4,10H2. The smallest absolute Gasteiger partial charge is 0.268 e. The molecule has 3 heterocycles. The fourth-order valence-electron chi connectivity index (χ4n) is 1.31. The first kappa shape index (κ1) is 9.02. The fraction of sp³-hybridized carbons (Fsp3) is 0.111. The van der Waals surface area contributed by atoms with Crippen LogP contribution in [0, 0.1) is 0 Å². The molecule has 0 aliphatic heterocycles. The minimum atomic E-state index is 0.309. The van der Waals surface area contributed by atoms with Gasteiger partial charge in [-0.25, -0.2) is 0 Å². The van der Waals surface area contributed by atoms with Gasteiger partial charge in [0.2, 0.25) is 0 Å². The average Bonchev–Trinajstić information content (AvgIpc) is 2.91. The van der Waals surface area contributed by atoms with Crippen LogP contribution < -0.4 is 5.73 Å². The maximum atomic E-state index is 5.42. The van der Waals surface area contributed by atoms with Crippen LogP contribution in [0.5, 0.6) is 0 Å². The third-order valence-electron chi connectivity index (χ3n) is 2.00. The van der Waals surface area contributed by atoms with Gasteiger partial charge in [0.05, 0.1) is 11.4 Å². The Morgan fingerprint density at radius 2 is 2.33 bits per heavy atom. The lowest BCUT2D eigenvalue weighted by molar-refractivity contribution is 0.423. The summed E-state index contributed by atoms with van der Waals surface area (Å²) in [7, 11) is 0. The molecule has 0 aromatic carbocycles. The summed E-state index contributed by atoms with van der Waals surface area (Å²) in [4.78, 5) is 5.19. The van der Waals surface area contributed by atoms with Crippen molar-refractivity contribution in [3.63, 3.8) is 0 Å². The van der Waals surface area contributed by atoms with E-state index in [-0.39, 0.29) is 0 Å². The Bertz CT molecular complexity index is 567. The van der Waals surface area contributed by atoms with Crippen LogP contribution in [0.2, 0.25) is 0 Å². The van der Waals surface area contributed by atoms with E-state index in [0.29, 0.717) is 18.3 Å². The number of nitrogens with two attached hydrogens (primary N) is 1. The number of rotatable bonds is 2. The summed E-state index contributed by atoms with van der Waals surface area (Å²) in [5.41, 5.74) is 5.42. The molecule has 3 aromatic rings. The van der Waals surface area contributed by atoms with Crippen LogP contribution in [0.4, 0.5) is 0 Å². The lowest BCUT2D eigenvalue weighted by Gasteiger charge is -1.82. The molecule has 0 aliphatic rings. The molecule has 0 radical (unpaired) electrons. The van der Waals surface area contributed by atoms with E-state index < -0.39 is 0 Å². The number of hydrogen-bond acceptors (Lipinski definition) is 6. The van der Waals surface area contributed by atoms with E-state index in [9.17, 15) is 0 Å².